The molecule has 3 nitrogen and oxygen atoms in total. The molecule has 1 unspecified atom stereocenters. The van der Waals surface area contributed by atoms with E-state index in [2.05, 4.69) is 4.99 Å². The van der Waals surface area contributed by atoms with Crippen molar-refractivity contribution in [2.24, 2.45) is 10.9 Å². The quantitative estimate of drug-likeness (QED) is 0.591. The van der Waals surface area contributed by atoms with E-state index in [1.165, 1.54) is 6.92 Å². The Labute approximate surface area is 72.4 Å². The van der Waals surface area contributed by atoms with Gasteiger partial charge in [0.1, 0.15) is 17.6 Å². The molecule has 0 bridgehead atoms. The van der Waals surface area contributed by atoms with Gasteiger partial charge in [-0.3, -0.25) is 9.79 Å². The molecule has 0 aromatic carbocycles. The summed E-state index contributed by atoms with van der Waals surface area (Å²) in [6, 6.07) is 1.90. The van der Waals surface area contributed by atoms with Crippen LogP contribution in [0.15, 0.2) is 17.1 Å². The minimum Gasteiger partial charge on any atom is -0.299 e. The minimum atomic E-state index is -0.143. The van der Waals surface area contributed by atoms with Crippen LogP contribution in [0.1, 0.15) is 13.8 Å². The van der Waals surface area contributed by atoms with Crippen LogP contribution in [0.5, 0.6) is 0 Å². The van der Waals surface area contributed by atoms with Crippen LogP contribution < -0.4 is 0 Å². The van der Waals surface area contributed by atoms with E-state index < -0.39 is 0 Å². The third kappa shape index (κ3) is 3.67. The van der Waals surface area contributed by atoms with Gasteiger partial charge in [0.05, 0.1) is 0 Å². The molecule has 0 aliphatic carbocycles. The van der Waals surface area contributed by atoms with Crippen LogP contribution in [0, 0.1) is 17.2 Å². The average molecular weight is 164 g/mol. The molecule has 0 saturated carbocycles. The molecule has 0 aliphatic heterocycles. The number of carbonyl (C=O) groups excluding carboxylic acids is 1. The number of hydrogen-bond acceptors (Lipinski definition) is 3. The summed E-state index contributed by atoms with van der Waals surface area (Å²) in [6.07, 6.45) is 3.24. The maximum absolute atomic E-state index is 10.8. The number of nitriles is 1. The first-order chi connectivity index (χ1) is 5.61. The van der Waals surface area contributed by atoms with E-state index in [-0.39, 0.29) is 11.7 Å². The molecule has 64 valence electrons. The topological polar surface area (TPSA) is 53.2 Å². The number of nitrogens with zero attached hydrogens (tertiary/aromatic N) is 2. The lowest BCUT2D eigenvalue weighted by Crippen LogP contribution is -2.02. The van der Waals surface area contributed by atoms with Crippen LogP contribution in [0.2, 0.25) is 0 Å². The highest BCUT2D eigenvalue weighted by atomic mass is 16.1. The molecule has 0 heterocycles. The number of carbonyl (C=O) groups is 1. The number of ketones is 1. The van der Waals surface area contributed by atoms with Crippen LogP contribution >= 0.6 is 0 Å². The van der Waals surface area contributed by atoms with Crippen LogP contribution in [-0.4, -0.2) is 18.5 Å². The Morgan fingerprint density at radius 3 is 2.58 bits per heavy atom. The van der Waals surface area contributed by atoms with E-state index in [9.17, 15) is 4.79 Å². The molecule has 0 spiro atoms. The van der Waals surface area contributed by atoms with Gasteiger partial charge in [0.15, 0.2) is 0 Å². The summed E-state index contributed by atoms with van der Waals surface area (Å²) in [5, 5.41) is 8.46. The number of hydrogen-bond donors (Lipinski definition) is 0. The van der Waals surface area contributed by atoms with E-state index in [1.807, 2.05) is 6.07 Å². The van der Waals surface area contributed by atoms with Crippen molar-refractivity contribution in [3.05, 3.63) is 12.2 Å². The SMILES string of the molecule is CN=C(C#N)/C=C\C(C)C(C)=O. The third-order valence-corrected chi connectivity index (χ3v) is 1.54. The number of allylic oxidation sites excluding steroid dienone is 2. The molecule has 12 heavy (non-hydrogen) atoms. The molecule has 0 N–H and O–H groups in total. The summed E-state index contributed by atoms with van der Waals surface area (Å²) in [5.74, 6) is -0.0604. The van der Waals surface area contributed by atoms with Crippen LogP contribution in [-0.2, 0) is 4.79 Å². The van der Waals surface area contributed by atoms with Gasteiger partial charge in [-0.2, -0.15) is 5.26 Å². The highest BCUT2D eigenvalue weighted by Crippen LogP contribution is 1.98. The van der Waals surface area contributed by atoms with E-state index in [0.717, 1.165) is 0 Å². The molecule has 3 heteroatoms. The Kier molecular flexibility index (Phi) is 4.62. The normalized spacial score (nSPS) is 14.3. The maximum Gasteiger partial charge on any atom is 0.136 e. The molecule has 0 amide bonds. The van der Waals surface area contributed by atoms with E-state index in [0.29, 0.717) is 5.71 Å². The summed E-state index contributed by atoms with van der Waals surface area (Å²) < 4.78 is 0. The Bertz CT molecular complexity index is 258. The van der Waals surface area contributed by atoms with Crippen molar-refractivity contribution in [3.8, 4) is 6.07 Å². The number of rotatable bonds is 3. The Hall–Kier alpha value is -1.43. The van der Waals surface area contributed by atoms with Gasteiger partial charge in [0.2, 0.25) is 0 Å². The second-order valence-corrected chi connectivity index (χ2v) is 2.48. The lowest BCUT2D eigenvalue weighted by atomic mass is 10.1. The monoisotopic (exact) mass is 164 g/mol. The third-order valence-electron chi connectivity index (χ3n) is 1.54. The van der Waals surface area contributed by atoms with Gasteiger partial charge in [-0.1, -0.05) is 13.0 Å². The van der Waals surface area contributed by atoms with Gasteiger partial charge < -0.3 is 0 Å². The predicted molar refractivity (Wildman–Crippen MR) is 48.0 cm³/mol. The molecular weight excluding hydrogens is 152 g/mol. The standard InChI is InChI=1S/C9H12N2O/c1-7(8(2)12)4-5-9(6-10)11-3/h4-5,7H,1-3H3/b5-4-,11-9?. The second kappa shape index (κ2) is 5.25. The lowest BCUT2D eigenvalue weighted by Gasteiger charge is -1.96. The van der Waals surface area contributed by atoms with Crippen molar-refractivity contribution in [2.75, 3.05) is 7.05 Å². The largest absolute Gasteiger partial charge is 0.299 e. The number of aliphatic imine (C=N–C) groups is 1. The zero-order chi connectivity index (χ0) is 9.56. The molecule has 0 rings (SSSR count). The summed E-state index contributed by atoms with van der Waals surface area (Å²) in [7, 11) is 1.54. The van der Waals surface area contributed by atoms with Gasteiger partial charge in [-0.15, -0.1) is 0 Å². The molecular formula is C9H12N2O. The molecule has 1 atom stereocenters. The Balaban J connectivity index is 4.26. The molecule has 0 saturated heterocycles. The van der Waals surface area contributed by atoms with Gasteiger partial charge >= 0.3 is 0 Å². The van der Waals surface area contributed by atoms with Crippen molar-refractivity contribution >= 4 is 11.5 Å². The minimum absolute atomic E-state index is 0.0830. The first kappa shape index (κ1) is 10.6. The van der Waals surface area contributed by atoms with Crippen LogP contribution in [0.4, 0.5) is 0 Å². The number of Topliss-reactive ketones (excluding diaryl/α,β-unsaturated/α-hetero) is 1. The van der Waals surface area contributed by atoms with Crippen molar-refractivity contribution in [3.63, 3.8) is 0 Å². The maximum atomic E-state index is 10.8. The highest BCUT2D eigenvalue weighted by Gasteiger charge is 2.01. The highest BCUT2D eigenvalue weighted by molar-refractivity contribution is 6.07. The summed E-state index contributed by atoms with van der Waals surface area (Å²) in [5.41, 5.74) is 0.336. The molecule has 0 aromatic rings. The molecule has 0 fully saturated rings. The van der Waals surface area contributed by atoms with E-state index >= 15 is 0 Å². The summed E-state index contributed by atoms with van der Waals surface area (Å²) >= 11 is 0. The average Bonchev–Trinajstić information content (AvgIpc) is 2.05. The first-order valence-electron chi connectivity index (χ1n) is 3.67. The summed E-state index contributed by atoms with van der Waals surface area (Å²) in [6.45, 7) is 3.30. The molecule has 0 radical (unpaired) electrons. The fourth-order valence-corrected chi connectivity index (χ4v) is 0.533. The van der Waals surface area contributed by atoms with Crippen molar-refractivity contribution < 1.29 is 4.79 Å². The van der Waals surface area contributed by atoms with Crippen LogP contribution in [0.25, 0.3) is 0 Å². The zero-order valence-corrected chi connectivity index (χ0v) is 7.53. The molecule has 0 aliphatic rings. The van der Waals surface area contributed by atoms with Gasteiger partial charge in [-0.05, 0) is 13.0 Å². The van der Waals surface area contributed by atoms with Gasteiger partial charge in [0, 0.05) is 13.0 Å². The fourth-order valence-electron chi connectivity index (χ4n) is 0.533. The lowest BCUT2D eigenvalue weighted by molar-refractivity contribution is -0.118. The Morgan fingerprint density at radius 1 is 1.67 bits per heavy atom. The van der Waals surface area contributed by atoms with Crippen molar-refractivity contribution in [2.45, 2.75) is 13.8 Å². The fraction of sp³-hybridized carbons (Fsp3) is 0.444. The van der Waals surface area contributed by atoms with Crippen molar-refractivity contribution in [1.29, 1.82) is 5.26 Å². The smallest absolute Gasteiger partial charge is 0.136 e. The second-order valence-electron chi connectivity index (χ2n) is 2.48. The predicted octanol–water partition coefficient (Wildman–Crippen LogP) is 1.36. The summed E-state index contributed by atoms with van der Waals surface area (Å²) in [4.78, 5) is 14.5. The van der Waals surface area contributed by atoms with Crippen molar-refractivity contribution in [1.82, 2.24) is 0 Å². The first-order valence-corrected chi connectivity index (χ1v) is 3.67. The van der Waals surface area contributed by atoms with Gasteiger partial charge in [0.25, 0.3) is 0 Å². The van der Waals surface area contributed by atoms with E-state index in [1.54, 1.807) is 26.1 Å². The van der Waals surface area contributed by atoms with Crippen LogP contribution in [0.3, 0.4) is 0 Å². The molecule has 0 aromatic heterocycles. The Morgan fingerprint density at radius 2 is 2.25 bits per heavy atom. The van der Waals surface area contributed by atoms with E-state index in [4.69, 9.17) is 5.26 Å². The van der Waals surface area contributed by atoms with Gasteiger partial charge in [-0.25, -0.2) is 0 Å². The zero-order valence-electron chi connectivity index (χ0n) is 7.53.